The molecule has 1 aromatic rings. The molecule has 1 aromatic carbocycles. The van der Waals surface area contributed by atoms with Crippen LogP contribution >= 0.6 is 12.4 Å². The topological polar surface area (TPSA) is 61.4 Å². The van der Waals surface area contributed by atoms with Gasteiger partial charge in [-0.2, -0.15) is 17.4 Å². The van der Waals surface area contributed by atoms with Gasteiger partial charge in [0.05, 0.1) is 0 Å². The van der Waals surface area contributed by atoms with Gasteiger partial charge in [0, 0.05) is 26.2 Å². The number of rotatable bonds is 7. The van der Waals surface area contributed by atoms with E-state index in [0.29, 0.717) is 19.6 Å². The lowest BCUT2D eigenvalue weighted by Gasteiger charge is -2.22. The molecule has 2 rings (SSSR count). The van der Waals surface area contributed by atoms with Crippen LogP contribution < -0.4 is 10.0 Å². The normalized spacial score (nSPS) is 15.3. The molecule has 0 saturated heterocycles. The predicted octanol–water partition coefficient (Wildman–Crippen LogP) is 1.68. The Morgan fingerprint density at radius 2 is 2.00 bits per heavy atom. The molecular formula is C15H24ClN3O2S. The lowest BCUT2D eigenvalue weighted by molar-refractivity contribution is 0.415. The van der Waals surface area contributed by atoms with Crippen molar-refractivity contribution in [1.29, 1.82) is 0 Å². The molecule has 0 aliphatic carbocycles. The standard InChI is InChI=1S/C15H23N3O2S.ClH/c1-2-18(13-15-6-4-3-5-7-15)21(19,20)17-12-14-8-10-16-11-9-14;/h3-8,16-17H,2,9-13H2,1H3;1H. The third-order valence-electron chi connectivity index (χ3n) is 3.53. The summed E-state index contributed by atoms with van der Waals surface area (Å²) in [5.41, 5.74) is 2.14. The fourth-order valence-electron chi connectivity index (χ4n) is 2.26. The third kappa shape index (κ3) is 5.70. The van der Waals surface area contributed by atoms with Gasteiger partial charge in [0.15, 0.2) is 0 Å². The van der Waals surface area contributed by atoms with E-state index in [4.69, 9.17) is 0 Å². The van der Waals surface area contributed by atoms with Gasteiger partial charge in [0.1, 0.15) is 0 Å². The van der Waals surface area contributed by atoms with Gasteiger partial charge in [-0.15, -0.1) is 12.4 Å². The van der Waals surface area contributed by atoms with Crippen LogP contribution in [0.2, 0.25) is 0 Å². The molecule has 0 bridgehead atoms. The van der Waals surface area contributed by atoms with Gasteiger partial charge in [-0.25, -0.2) is 0 Å². The summed E-state index contributed by atoms with van der Waals surface area (Å²) in [7, 11) is -3.45. The highest BCUT2D eigenvalue weighted by Gasteiger charge is 2.20. The van der Waals surface area contributed by atoms with E-state index in [0.717, 1.165) is 30.6 Å². The van der Waals surface area contributed by atoms with Crippen molar-refractivity contribution in [2.45, 2.75) is 19.9 Å². The van der Waals surface area contributed by atoms with Crippen LogP contribution in [0, 0.1) is 0 Å². The van der Waals surface area contributed by atoms with Crippen LogP contribution in [0.3, 0.4) is 0 Å². The Hall–Kier alpha value is -0.920. The Balaban J connectivity index is 0.00000242. The minimum Gasteiger partial charge on any atom is -0.313 e. The maximum Gasteiger partial charge on any atom is 0.280 e. The highest BCUT2D eigenvalue weighted by atomic mass is 35.5. The number of nitrogens with zero attached hydrogens (tertiary/aromatic N) is 1. The van der Waals surface area contributed by atoms with Gasteiger partial charge in [0.2, 0.25) is 0 Å². The van der Waals surface area contributed by atoms with E-state index >= 15 is 0 Å². The molecule has 1 aliphatic heterocycles. The number of hydrogen-bond donors (Lipinski definition) is 2. The van der Waals surface area contributed by atoms with Crippen LogP contribution in [0.25, 0.3) is 0 Å². The Morgan fingerprint density at radius 1 is 1.27 bits per heavy atom. The molecule has 7 heteroatoms. The van der Waals surface area contributed by atoms with Crippen LogP contribution in [0.4, 0.5) is 0 Å². The van der Waals surface area contributed by atoms with Crippen molar-refractivity contribution in [1.82, 2.24) is 14.3 Å². The molecule has 0 radical (unpaired) electrons. The monoisotopic (exact) mass is 345 g/mol. The van der Waals surface area contributed by atoms with Gasteiger partial charge in [0.25, 0.3) is 10.2 Å². The van der Waals surface area contributed by atoms with Crippen LogP contribution in [0.5, 0.6) is 0 Å². The minimum atomic E-state index is -3.45. The fourth-order valence-corrected chi connectivity index (χ4v) is 3.47. The zero-order valence-electron chi connectivity index (χ0n) is 12.8. The van der Waals surface area contributed by atoms with Gasteiger partial charge in [-0.05, 0) is 18.5 Å². The highest BCUT2D eigenvalue weighted by molar-refractivity contribution is 7.87. The summed E-state index contributed by atoms with van der Waals surface area (Å²) in [4.78, 5) is 0. The average molecular weight is 346 g/mol. The van der Waals surface area contributed by atoms with Crippen molar-refractivity contribution in [3.63, 3.8) is 0 Å². The summed E-state index contributed by atoms with van der Waals surface area (Å²) in [6.45, 7) is 4.83. The first-order valence-corrected chi connectivity index (χ1v) is 8.73. The van der Waals surface area contributed by atoms with E-state index in [1.54, 1.807) is 0 Å². The molecule has 5 nitrogen and oxygen atoms in total. The molecule has 124 valence electrons. The Kier molecular flexibility index (Phi) is 8.06. The summed E-state index contributed by atoms with van der Waals surface area (Å²) in [5.74, 6) is 0. The van der Waals surface area contributed by atoms with Crippen molar-refractivity contribution < 1.29 is 8.42 Å². The van der Waals surface area contributed by atoms with Gasteiger partial charge in [-0.3, -0.25) is 0 Å². The molecule has 22 heavy (non-hydrogen) atoms. The molecule has 0 unspecified atom stereocenters. The minimum absolute atomic E-state index is 0. The van der Waals surface area contributed by atoms with E-state index in [2.05, 4.69) is 16.1 Å². The van der Waals surface area contributed by atoms with Crippen molar-refractivity contribution in [3.05, 3.63) is 47.5 Å². The first-order valence-electron chi connectivity index (χ1n) is 7.29. The largest absolute Gasteiger partial charge is 0.313 e. The van der Waals surface area contributed by atoms with Crippen molar-refractivity contribution >= 4 is 22.6 Å². The number of nitrogens with one attached hydrogen (secondary N) is 2. The maximum absolute atomic E-state index is 12.4. The summed E-state index contributed by atoms with van der Waals surface area (Å²) < 4.78 is 28.9. The van der Waals surface area contributed by atoms with Crippen LogP contribution in [-0.2, 0) is 16.8 Å². The quantitative estimate of drug-likeness (QED) is 0.739. The molecule has 0 fully saturated rings. The lowest BCUT2D eigenvalue weighted by Crippen LogP contribution is -2.41. The Labute approximate surface area is 139 Å². The second kappa shape index (κ2) is 9.27. The summed E-state index contributed by atoms with van der Waals surface area (Å²) in [6.07, 6.45) is 2.95. The molecule has 1 heterocycles. The average Bonchev–Trinajstić information content (AvgIpc) is 2.52. The second-order valence-corrected chi connectivity index (χ2v) is 6.81. The first-order chi connectivity index (χ1) is 10.1. The molecule has 0 atom stereocenters. The van der Waals surface area contributed by atoms with Crippen LogP contribution in [-0.4, -0.2) is 38.9 Å². The summed E-state index contributed by atoms with van der Waals surface area (Å²) >= 11 is 0. The van der Waals surface area contributed by atoms with Crippen LogP contribution in [0.15, 0.2) is 42.0 Å². The first kappa shape index (κ1) is 19.1. The van der Waals surface area contributed by atoms with E-state index in [9.17, 15) is 8.42 Å². The summed E-state index contributed by atoms with van der Waals surface area (Å²) in [5, 5.41) is 3.21. The van der Waals surface area contributed by atoms with Crippen molar-refractivity contribution in [3.8, 4) is 0 Å². The van der Waals surface area contributed by atoms with E-state index in [-0.39, 0.29) is 12.4 Å². The van der Waals surface area contributed by atoms with E-state index in [1.807, 2.05) is 37.3 Å². The molecular weight excluding hydrogens is 322 g/mol. The molecule has 0 aromatic heterocycles. The number of hydrogen-bond acceptors (Lipinski definition) is 3. The SMILES string of the molecule is CCN(Cc1ccccc1)S(=O)(=O)NCC1=CCNCC1.Cl. The van der Waals surface area contributed by atoms with Crippen molar-refractivity contribution in [2.24, 2.45) is 0 Å². The van der Waals surface area contributed by atoms with E-state index < -0.39 is 10.2 Å². The molecule has 1 aliphatic rings. The van der Waals surface area contributed by atoms with Gasteiger partial charge >= 0.3 is 0 Å². The molecule has 0 saturated carbocycles. The van der Waals surface area contributed by atoms with Gasteiger partial charge < -0.3 is 5.32 Å². The second-order valence-electron chi connectivity index (χ2n) is 5.05. The van der Waals surface area contributed by atoms with Gasteiger partial charge in [-0.1, -0.05) is 48.9 Å². The third-order valence-corrected chi connectivity index (χ3v) is 5.11. The fraction of sp³-hybridized carbons (Fsp3) is 0.467. The maximum atomic E-state index is 12.4. The lowest BCUT2D eigenvalue weighted by atomic mass is 10.1. The number of benzene rings is 1. The molecule has 2 N–H and O–H groups in total. The predicted molar refractivity (Wildman–Crippen MR) is 92.3 cm³/mol. The Bertz CT molecular complexity index is 576. The highest BCUT2D eigenvalue weighted by Crippen LogP contribution is 2.09. The number of halogens is 1. The smallest absolute Gasteiger partial charge is 0.280 e. The zero-order valence-corrected chi connectivity index (χ0v) is 14.4. The van der Waals surface area contributed by atoms with E-state index in [1.165, 1.54) is 4.31 Å². The Morgan fingerprint density at radius 3 is 2.59 bits per heavy atom. The molecule has 0 spiro atoms. The van der Waals surface area contributed by atoms with Crippen LogP contribution in [0.1, 0.15) is 18.9 Å². The molecule has 0 amide bonds. The van der Waals surface area contributed by atoms with Crippen molar-refractivity contribution in [2.75, 3.05) is 26.2 Å². The summed E-state index contributed by atoms with van der Waals surface area (Å²) in [6, 6.07) is 9.64. The zero-order chi connectivity index (χ0) is 15.1.